The van der Waals surface area contributed by atoms with Gasteiger partial charge in [0.05, 0.1) is 5.60 Å². The van der Waals surface area contributed by atoms with Crippen LogP contribution < -0.4 is 0 Å². The molecule has 2 N–H and O–H groups in total. The van der Waals surface area contributed by atoms with Crippen LogP contribution in [0.4, 0.5) is 0 Å². The van der Waals surface area contributed by atoms with Crippen molar-refractivity contribution in [2.45, 2.75) is 63.6 Å². The van der Waals surface area contributed by atoms with Gasteiger partial charge in [0.15, 0.2) is 0 Å². The Morgan fingerprint density at radius 1 is 1.50 bits per heavy atom. The molecule has 0 radical (unpaired) electrons. The molecule has 0 aromatic carbocycles. The van der Waals surface area contributed by atoms with Gasteiger partial charge in [-0.1, -0.05) is 19.8 Å². The summed E-state index contributed by atoms with van der Waals surface area (Å²) < 4.78 is 0. The normalized spacial score (nSPS) is 37.0. The number of likely N-dealkylation sites (tertiary alicyclic amines) is 1. The lowest BCUT2D eigenvalue weighted by Gasteiger charge is -2.43. The summed E-state index contributed by atoms with van der Waals surface area (Å²) >= 11 is 0. The standard InChI is InChI=1S/C18H30N4O2/c1-17-11-13(12-21(3)16(23)14-8-10-19-20-14)22(4)15(17)7-5-6-9-18(17,2)24/h8,10,13,15,24H,5-7,9,11-12H2,1-4H3,(H,19,20)/t13-,15-,17-,18+/m1/s1. The van der Waals surface area contributed by atoms with Crippen molar-refractivity contribution >= 4 is 5.91 Å². The number of carbonyl (C=O) groups excluding carboxylic acids is 1. The van der Waals surface area contributed by atoms with Gasteiger partial charge in [-0.25, -0.2) is 0 Å². The largest absolute Gasteiger partial charge is 0.390 e. The van der Waals surface area contributed by atoms with E-state index in [1.54, 1.807) is 17.2 Å². The van der Waals surface area contributed by atoms with E-state index in [1.165, 1.54) is 0 Å². The number of aliphatic hydroxyl groups is 1. The molecule has 2 aliphatic rings. The first-order valence-electron chi connectivity index (χ1n) is 8.95. The van der Waals surface area contributed by atoms with Gasteiger partial charge in [0, 0.05) is 37.3 Å². The molecule has 2 heterocycles. The van der Waals surface area contributed by atoms with Crippen molar-refractivity contribution in [3.63, 3.8) is 0 Å². The molecule has 3 rings (SSSR count). The van der Waals surface area contributed by atoms with Crippen molar-refractivity contribution in [3.05, 3.63) is 18.0 Å². The second kappa shape index (κ2) is 6.15. The van der Waals surface area contributed by atoms with Crippen molar-refractivity contribution in [2.24, 2.45) is 5.41 Å². The van der Waals surface area contributed by atoms with E-state index in [-0.39, 0.29) is 17.4 Å². The molecule has 1 aliphatic heterocycles. The SMILES string of the molecule is CN(C[C@H]1C[C@]2(C)[C@@H](CCCC[C@]2(C)O)N1C)C(=O)c1ccn[nH]1. The van der Waals surface area contributed by atoms with Crippen molar-refractivity contribution in [1.82, 2.24) is 20.0 Å². The highest BCUT2D eigenvalue weighted by molar-refractivity contribution is 5.91. The molecule has 1 amide bonds. The summed E-state index contributed by atoms with van der Waals surface area (Å²) in [5.41, 5.74) is -0.255. The van der Waals surface area contributed by atoms with E-state index in [2.05, 4.69) is 29.1 Å². The van der Waals surface area contributed by atoms with E-state index in [9.17, 15) is 9.90 Å². The molecule has 1 aliphatic carbocycles. The maximum absolute atomic E-state index is 12.5. The van der Waals surface area contributed by atoms with Gasteiger partial charge in [-0.15, -0.1) is 0 Å². The number of H-pyrrole nitrogens is 1. The Hall–Kier alpha value is -1.40. The summed E-state index contributed by atoms with van der Waals surface area (Å²) in [6.45, 7) is 4.90. The zero-order valence-corrected chi connectivity index (χ0v) is 15.2. The summed E-state index contributed by atoms with van der Waals surface area (Å²) in [7, 11) is 3.99. The number of hydrogen-bond donors (Lipinski definition) is 2. The van der Waals surface area contributed by atoms with Gasteiger partial charge >= 0.3 is 0 Å². The number of likely N-dealkylation sites (N-methyl/N-ethyl adjacent to an activating group) is 2. The Morgan fingerprint density at radius 2 is 2.25 bits per heavy atom. The number of nitrogens with zero attached hydrogens (tertiary/aromatic N) is 3. The van der Waals surface area contributed by atoms with E-state index in [0.717, 1.165) is 32.1 Å². The van der Waals surface area contributed by atoms with Crippen LogP contribution in [0.1, 0.15) is 56.4 Å². The zero-order valence-electron chi connectivity index (χ0n) is 15.2. The molecule has 1 aromatic rings. The fourth-order valence-electron chi connectivity index (χ4n) is 4.84. The molecule has 134 valence electrons. The molecule has 0 spiro atoms. The number of rotatable bonds is 3. The Bertz CT molecular complexity index is 586. The number of nitrogens with one attached hydrogen (secondary N) is 1. The number of fused-ring (bicyclic) bond motifs is 1. The summed E-state index contributed by atoms with van der Waals surface area (Å²) in [5, 5.41) is 17.7. The van der Waals surface area contributed by atoms with Crippen LogP contribution in [0.25, 0.3) is 0 Å². The van der Waals surface area contributed by atoms with Crippen LogP contribution in [0.15, 0.2) is 12.3 Å². The molecule has 6 heteroatoms. The fraction of sp³-hybridized carbons (Fsp3) is 0.778. The van der Waals surface area contributed by atoms with Crippen molar-refractivity contribution in [3.8, 4) is 0 Å². The molecule has 1 saturated heterocycles. The topological polar surface area (TPSA) is 72.5 Å². The summed E-state index contributed by atoms with van der Waals surface area (Å²) in [4.78, 5) is 16.6. The molecule has 0 unspecified atom stereocenters. The van der Waals surface area contributed by atoms with E-state index < -0.39 is 5.60 Å². The van der Waals surface area contributed by atoms with Gasteiger partial charge in [0.1, 0.15) is 5.69 Å². The average Bonchev–Trinajstić information content (AvgIpc) is 3.10. The lowest BCUT2D eigenvalue weighted by molar-refractivity contribution is -0.0754. The van der Waals surface area contributed by atoms with Gasteiger partial charge in [-0.05, 0) is 39.3 Å². The molecule has 2 fully saturated rings. The van der Waals surface area contributed by atoms with Crippen LogP contribution in [-0.2, 0) is 0 Å². The third kappa shape index (κ3) is 2.75. The Kier molecular flexibility index (Phi) is 4.47. The molecule has 6 nitrogen and oxygen atoms in total. The van der Waals surface area contributed by atoms with Crippen LogP contribution in [0.2, 0.25) is 0 Å². The number of aromatic nitrogens is 2. The zero-order chi connectivity index (χ0) is 17.5. The molecular formula is C18H30N4O2. The minimum absolute atomic E-state index is 0.0371. The van der Waals surface area contributed by atoms with Crippen LogP contribution in [0.5, 0.6) is 0 Å². The second-order valence-corrected chi connectivity index (χ2v) is 8.13. The first-order valence-corrected chi connectivity index (χ1v) is 8.95. The number of carbonyl (C=O) groups is 1. The monoisotopic (exact) mass is 334 g/mol. The number of hydrogen-bond acceptors (Lipinski definition) is 4. The third-order valence-corrected chi connectivity index (χ3v) is 6.65. The van der Waals surface area contributed by atoms with Gasteiger partial charge in [-0.3, -0.25) is 14.8 Å². The van der Waals surface area contributed by atoms with Crippen LogP contribution >= 0.6 is 0 Å². The van der Waals surface area contributed by atoms with Crippen molar-refractivity contribution in [1.29, 1.82) is 0 Å². The fourth-order valence-corrected chi connectivity index (χ4v) is 4.84. The van der Waals surface area contributed by atoms with Crippen LogP contribution in [0.3, 0.4) is 0 Å². The van der Waals surface area contributed by atoms with Gasteiger partial charge < -0.3 is 10.0 Å². The Balaban J connectivity index is 1.75. The highest BCUT2D eigenvalue weighted by atomic mass is 16.3. The van der Waals surface area contributed by atoms with Gasteiger partial charge in [-0.2, -0.15) is 5.10 Å². The van der Waals surface area contributed by atoms with Crippen LogP contribution in [-0.4, -0.2) is 69.3 Å². The molecule has 24 heavy (non-hydrogen) atoms. The molecule has 1 saturated carbocycles. The lowest BCUT2D eigenvalue weighted by Crippen LogP contribution is -2.50. The Morgan fingerprint density at radius 3 is 2.92 bits per heavy atom. The minimum atomic E-state index is -0.650. The second-order valence-electron chi connectivity index (χ2n) is 8.13. The maximum Gasteiger partial charge on any atom is 0.271 e. The summed E-state index contributed by atoms with van der Waals surface area (Å²) in [5.74, 6) is -0.0371. The molecular weight excluding hydrogens is 304 g/mol. The summed E-state index contributed by atoms with van der Waals surface area (Å²) in [6.07, 6.45) is 6.76. The van der Waals surface area contributed by atoms with E-state index in [4.69, 9.17) is 0 Å². The quantitative estimate of drug-likeness (QED) is 0.885. The highest BCUT2D eigenvalue weighted by Crippen LogP contribution is 2.52. The van der Waals surface area contributed by atoms with E-state index >= 15 is 0 Å². The third-order valence-electron chi connectivity index (χ3n) is 6.65. The molecule has 0 bridgehead atoms. The van der Waals surface area contributed by atoms with E-state index in [1.807, 2.05) is 14.0 Å². The Labute approximate surface area is 144 Å². The maximum atomic E-state index is 12.5. The average molecular weight is 334 g/mol. The molecule has 1 aromatic heterocycles. The van der Waals surface area contributed by atoms with Crippen molar-refractivity contribution < 1.29 is 9.90 Å². The van der Waals surface area contributed by atoms with Crippen molar-refractivity contribution in [2.75, 3.05) is 20.6 Å². The smallest absolute Gasteiger partial charge is 0.271 e. The lowest BCUT2D eigenvalue weighted by atomic mass is 9.67. The summed E-state index contributed by atoms with van der Waals surface area (Å²) in [6, 6.07) is 2.34. The number of amides is 1. The van der Waals surface area contributed by atoms with Crippen LogP contribution in [0, 0.1) is 5.41 Å². The van der Waals surface area contributed by atoms with Gasteiger partial charge in [0.2, 0.25) is 0 Å². The minimum Gasteiger partial charge on any atom is -0.390 e. The van der Waals surface area contributed by atoms with E-state index in [0.29, 0.717) is 18.3 Å². The first-order chi connectivity index (χ1) is 11.3. The van der Waals surface area contributed by atoms with Gasteiger partial charge in [0.25, 0.3) is 5.91 Å². The number of aromatic amines is 1. The highest BCUT2D eigenvalue weighted by Gasteiger charge is 2.57. The molecule has 4 atom stereocenters. The predicted octanol–water partition coefficient (Wildman–Crippen LogP) is 1.89. The predicted molar refractivity (Wildman–Crippen MR) is 92.7 cm³/mol. The first kappa shape index (κ1) is 17.4.